The van der Waals surface area contributed by atoms with Crippen LogP contribution < -0.4 is 4.90 Å². The van der Waals surface area contributed by atoms with Crippen LogP contribution in [0.2, 0.25) is 5.02 Å². The van der Waals surface area contributed by atoms with Gasteiger partial charge in [-0.3, -0.25) is 9.69 Å². The Hall–Kier alpha value is -3.00. The minimum atomic E-state index is -0.0316. The Balaban J connectivity index is 1.39. The standard InChI is InChI=1S/C27H27ClN4O2S/c1-3-31-26(33)25(18-22-5-4-12-32(22)23-9-6-19(2)24(28)17-23)35-27(31)29-20-7-10-21(11-8-20)30-13-15-34-16-14-30/h4-12,17-18H,3,13-16H2,1-2H3/b25-18-,29-27?. The maximum absolute atomic E-state index is 13.2. The zero-order chi connectivity index (χ0) is 24.4. The van der Waals surface area contributed by atoms with Gasteiger partial charge < -0.3 is 14.2 Å². The number of aryl methyl sites for hydroxylation is 1. The predicted molar refractivity (Wildman–Crippen MR) is 145 cm³/mol. The molecule has 2 aliphatic rings. The Labute approximate surface area is 214 Å². The van der Waals surface area contributed by atoms with Crippen molar-refractivity contribution in [3.05, 3.63) is 82.0 Å². The minimum Gasteiger partial charge on any atom is -0.378 e. The van der Waals surface area contributed by atoms with Gasteiger partial charge in [0.1, 0.15) is 0 Å². The van der Waals surface area contributed by atoms with Gasteiger partial charge in [-0.25, -0.2) is 4.99 Å². The van der Waals surface area contributed by atoms with Gasteiger partial charge in [0.25, 0.3) is 5.91 Å². The summed E-state index contributed by atoms with van der Waals surface area (Å²) in [5.41, 5.74) is 4.89. The lowest BCUT2D eigenvalue weighted by molar-refractivity contribution is -0.122. The van der Waals surface area contributed by atoms with Crippen LogP contribution in [0.4, 0.5) is 11.4 Å². The number of carbonyl (C=O) groups is 1. The first-order valence-corrected chi connectivity index (χ1v) is 12.9. The largest absolute Gasteiger partial charge is 0.378 e. The summed E-state index contributed by atoms with van der Waals surface area (Å²) in [7, 11) is 0. The molecule has 5 rings (SSSR count). The van der Waals surface area contributed by atoms with Crippen LogP contribution in [0.1, 0.15) is 18.2 Å². The first-order valence-electron chi connectivity index (χ1n) is 11.7. The van der Waals surface area contributed by atoms with Gasteiger partial charge in [-0.15, -0.1) is 0 Å². The van der Waals surface area contributed by atoms with Gasteiger partial charge in [-0.05, 0) is 85.8 Å². The molecule has 0 unspecified atom stereocenters. The number of carbonyl (C=O) groups excluding carboxylic acids is 1. The van der Waals surface area contributed by atoms with E-state index in [9.17, 15) is 4.79 Å². The van der Waals surface area contributed by atoms with Gasteiger partial charge in [0.15, 0.2) is 5.17 Å². The second-order valence-electron chi connectivity index (χ2n) is 8.41. The smallest absolute Gasteiger partial charge is 0.266 e. The number of hydrogen-bond donors (Lipinski definition) is 0. The van der Waals surface area contributed by atoms with Gasteiger partial charge in [-0.2, -0.15) is 0 Å². The van der Waals surface area contributed by atoms with Gasteiger partial charge in [0, 0.05) is 47.9 Å². The van der Waals surface area contributed by atoms with E-state index in [0.29, 0.717) is 21.6 Å². The molecule has 0 aliphatic carbocycles. The maximum Gasteiger partial charge on any atom is 0.266 e. The van der Waals surface area contributed by atoms with E-state index in [4.69, 9.17) is 21.3 Å². The molecule has 0 spiro atoms. The highest BCUT2D eigenvalue weighted by Crippen LogP contribution is 2.35. The number of ether oxygens (including phenoxy) is 1. The molecule has 2 fully saturated rings. The van der Waals surface area contributed by atoms with E-state index in [2.05, 4.69) is 17.0 Å². The van der Waals surface area contributed by atoms with Crippen LogP contribution in [0.25, 0.3) is 11.8 Å². The highest BCUT2D eigenvalue weighted by atomic mass is 35.5. The Morgan fingerprint density at radius 3 is 2.54 bits per heavy atom. The average Bonchev–Trinajstić information content (AvgIpc) is 3.46. The molecule has 0 bridgehead atoms. The van der Waals surface area contributed by atoms with Crippen LogP contribution in [0, 0.1) is 6.92 Å². The van der Waals surface area contributed by atoms with E-state index in [0.717, 1.165) is 54.6 Å². The summed E-state index contributed by atoms with van der Waals surface area (Å²) in [4.78, 5) is 22.7. The third-order valence-electron chi connectivity index (χ3n) is 6.15. The van der Waals surface area contributed by atoms with E-state index < -0.39 is 0 Å². The fraction of sp³-hybridized carbons (Fsp3) is 0.259. The van der Waals surface area contributed by atoms with Crippen molar-refractivity contribution in [1.29, 1.82) is 0 Å². The van der Waals surface area contributed by atoms with Crippen LogP contribution in [-0.2, 0) is 9.53 Å². The SMILES string of the molecule is CCN1C(=O)/C(=C/c2cccn2-c2ccc(C)c(Cl)c2)SC1=Nc1ccc(N2CCOCC2)cc1. The molecule has 8 heteroatoms. The Morgan fingerprint density at radius 1 is 1.09 bits per heavy atom. The molecule has 6 nitrogen and oxygen atoms in total. The van der Waals surface area contributed by atoms with Gasteiger partial charge in [0.2, 0.25) is 0 Å². The molecule has 2 aromatic carbocycles. The summed E-state index contributed by atoms with van der Waals surface area (Å²) in [6.07, 6.45) is 3.90. The molecule has 1 amide bonds. The fourth-order valence-corrected chi connectivity index (χ4v) is 5.37. The van der Waals surface area contributed by atoms with Gasteiger partial charge in [0.05, 0.1) is 23.8 Å². The summed E-state index contributed by atoms with van der Waals surface area (Å²) >= 11 is 7.75. The predicted octanol–water partition coefficient (Wildman–Crippen LogP) is 5.90. The quantitative estimate of drug-likeness (QED) is 0.404. The van der Waals surface area contributed by atoms with Crippen molar-refractivity contribution in [1.82, 2.24) is 9.47 Å². The Morgan fingerprint density at radius 2 is 1.83 bits per heavy atom. The normalized spacial score (nSPS) is 18.8. The van der Waals surface area contributed by atoms with E-state index in [1.54, 1.807) is 4.90 Å². The summed E-state index contributed by atoms with van der Waals surface area (Å²) in [5, 5.41) is 1.41. The number of morpholine rings is 1. The topological polar surface area (TPSA) is 50.1 Å². The molecular weight excluding hydrogens is 480 g/mol. The number of aromatic nitrogens is 1. The van der Waals surface area contributed by atoms with Crippen molar-refractivity contribution in [2.24, 2.45) is 4.99 Å². The molecule has 0 N–H and O–H groups in total. The molecule has 2 aliphatic heterocycles. The summed E-state index contributed by atoms with van der Waals surface area (Å²) in [5.74, 6) is -0.0316. The van der Waals surface area contributed by atoms with E-state index in [1.807, 2.05) is 73.2 Å². The van der Waals surface area contributed by atoms with Crippen molar-refractivity contribution >= 4 is 51.9 Å². The van der Waals surface area contributed by atoms with Crippen molar-refractivity contribution < 1.29 is 9.53 Å². The van der Waals surface area contributed by atoms with Crippen LogP contribution in [-0.4, -0.2) is 53.4 Å². The lowest BCUT2D eigenvalue weighted by Gasteiger charge is -2.28. The van der Waals surface area contributed by atoms with E-state index in [-0.39, 0.29) is 5.91 Å². The number of amidine groups is 1. The number of anilines is 1. The van der Waals surface area contributed by atoms with E-state index >= 15 is 0 Å². The molecule has 0 saturated carbocycles. The monoisotopic (exact) mass is 506 g/mol. The number of nitrogens with zero attached hydrogens (tertiary/aromatic N) is 4. The molecule has 1 aromatic heterocycles. The number of rotatable bonds is 5. The first kappa shape index (κ1) is 23.7. The van der Waals surface area contributed by atoms with E-state index in [1.165, 1.54) is 11.8 Å². The first-order chi connectivity index (χ1) is 17.0. The van der Waals surface area contributed by atoms with Gasteiger partial charge >= 0.3 is 0 Å². The molecular formula is C27H27ClN4O2S. The molecule has 0 atom stereocenters. The van der Waals surface area contributed by atoms with Crippen LogP contribution in [0.3, 0.4) is 0 Å². The summed E-state index contributed by atoms with van der Waals surface area (Å²) in [6.45, 7) is 7.80. The lowest BCUT2D eigenvalue weighted by Crippen LogP contribution is -2.36. The maximum atomic E-state index is 13.2. The lowest BCUT2D eigenvalue weighted by atomic mass is 10.2. The summed E-state index contributed by atoms with van der Waals surface area (Å²) < 4.78 is 7.47. The number of benzene rings is 2. The Kier molecular flexibility index (Phi) is 7.00. The number of hydrogen-bond acceptors (Lipinski definition) is 5. The number of aliphatic imine (C=N–C) groups is 1. The third kappa shape index (κ3) is 5.03. The fourth-order valence-electron chi connectivity index (χ4n) is 4.15. The zero-order valence-corrected chi connectivity index (χ0v) is 21.4. The molecule has 3 aromatic rings. The van der Waals surface area contributed by atoms with Crippen LogP contribution in [0.5, 0.6) is 0 Å². The van der Waals surface area contributed by atoms with Crippen LogP contribution >= 0.6 is 23.4 Å². The number of thioether (sulfide) groups is 1. The average molecular weight is 507 g/mol. The molecule has 180 valence electrons. The number of amides is 1. The third-order valence-corrected chi connectivity index (χ3v) is 7.56. The molecule has 35 heavy (non-hydrogen) atoms. The van der Waals surface area contributed by atoms with Crippen molar-refractivity contribution in [3.8, 4) is 5.69 Å². The molecule has 3 heterocycles. The minimum absolute atomic E-state index is 0.0316. The Bertz CT molecular complexity index is 1290. The van der Waals surface area contributed by atoms with Crippen LogP contribution in [0.15, 0.2) is 70.7 Å². The highest BCUT2D eigenvalue weighted by Gasteiger charge is 2.32. The number of halogens is 1. The van der Waals surface area contributed by atoms with Crippen molar-refractivity contribution in [2.75, 3.05) is 37.7 Å². The van der Waals surface area contributed by atoms with Crippen molar-refractivity contribution in [3.63, 3.8) is 0 Å². The summed E-state index contributed by atoms with van der Waals surface area (Å²) in [6, 6.07) is 18.1. The second kappa shape index (κ2) is 10.3. The van der Waals surface area contributed by atoms with Gasteiger partial charge in [-0.1, -0.05) is 17.7 Å². The zero-order valence-electron chi connectivity index (χ0n) is 19.8. The second-order valence-corrected chi connectivity index (χ2v) is 9.82. The number of likely N-dealkylation sites (N-methyl/N-ethyl adjacent to an activating group) is 1. The molecule has 2 saturated heterocycles. The van der Waals surface area contributed by atoms with Crippen molar-refractivity contribution in [2.45, 2.75) is 13.8 Å². The highest BCUT2D eigenvalue weighted by molar-refractivity contribution is 8.18. The molecule has 0 radical (unpaired) electrons.